The fraction of sp³-hybridized carbons (Fsp3) is 0.450. The zero-order chi connectivity index (χ0) is 19.2. The van der Waals surface area contributed by atoms with Gasteiger partial charge in [0.2, 0.25) is 5.91 Å². The van der Waals surface area contributed by atoms with E-state index in [9.17, 15) is 4.79 Å². The molecule has 2 aromatic rings. The molecule has 0 bridgehead atoms. The van der Waals surface area contributed by atoms with Crippen molar-refractivity contribution in [1.29, 1.82) is 0 Å². The molecule has 3 rings (SSSR count). The van der Waals surface area contributed by atoms with E-state index < -0.39 is 0 Å². The van der Waals surface area contributed by atoms with Crippen molar-refractivity contribution >= 4 is 17.7 Å². The molecule has 1 saturated heterocycles. The lowest BCUT2D eigenvalue weighted by Gasteiger charge is -2.33. The topological polar surface area (TPSA) is 60.2 Å². The second kappa shape index (κ2) is 9.08. The molecule has 1 aliphatic heterocycles. The number of likely N-dealkylation sites (tertiary alicyclic amines) is 1. The average Bonchev–Trinajstić information content (AvgIpc) is 3.09. The molecule has 1 amide bonds. The smallest absolute Gasteiger partial charge is 0.233 e. The first kappa shape index (κ1) is 19.5. The number of thioether (sulfide) groups is 1. The van der Waals surface area contributed by atoms with Gasteiger partial charge in [-0.3, -0.25) is 9.36 Å². The summed E-state index contributed by atoms with van der Waals surface area (Å²) < 4.78 is 7.21. The van der Waals surface area contributed by atoms with Gasteiger partial charge in [0.25, 0.3) is 0 Å². The van der Waals surface area contributed by atoms with Crippen molar-refractivity contribution in [3.8, 4) is 17.1 Å². The second-order valence-corrected chi connectivity index (χ2v) is 7.60. The Morgan fingerprint density at radius 1 is 1.33 bits per heavy atom. The van der Waals surface area contributed by atoms with Crippen molar-refractivity contribution in [2.45, 2.75) is 43.9 Å². The normalized spacial score (nSPS) is 17.0. The molecule has 1 atom stereocenters. The highest BCUT2D eigenvalue weighted by molar-refractivity contribution is 7.99. The Morgan fingerprint density at radius 2 is 2.11 bits per heavy atom. The van der Waals surface area contributed by atoms with Crippen LogP contribution in [0.3, 0.4) is 0 Å². The molecule has 0 radical (unpaired) electrons. The molecule has 1 aliphatic rings. The number of nitrogens with zero attached hydrogens (tertiary/aromatic N) is 4. The minimum absolute atomic E-state index is 0.173. The number of rotatable bonds is 7. The number of aromatic nitrogens is 3. The van der Waals surface area contributed by atoms with Crippen LogP contribution in [0.5, 0.6) is 5.75 Å². The molecule has 0 spiro atoms. The molecule has 0 aliphatic carbocycles. The molecule has 1 unspecified atom stereocenters. The first-order chi connectivity index (χ1) is 13.1. The molecular weight excluding hydrogens is 360 g/mol. The molecule has 0 saturated carbocycles. The summed E-state index contributed by atoms with van der Waals surface area (Å²) in [6.45, 7) is 7.41. The van der Waals surface area contributed by atoms with Gasteiger partial charge in [-0.05, 0) is 50.5 Å². The number of carbonyl (C=O) groups excluding carboxylic acids is 1. The molecule has 7 heteroatoms. The SMILES string of the molecule is C=CCn1c(SCC(=O)N2CCCCC2C)nnc1-c1ccc(OC)cc1. The average molecular weight is 387 g/mol. The summed E-state index contributed by atoms with van der Waals surface area (Å²) in [5.41, 5.74) is 0.952. The van der Waals surface area contributed by atoms with Crippen molar-refractivity contribution in [3.63, 3.8) is 0 Å². The molecular formula is C20H26N4O2S. The zero-order valence-corrected chi connectivity index (χ0v) is 16.7. The van der Waals surface area contributed by atoms with Crippen molar-refractivity contribution < 1.29 is 9.53 Å². The van der Waals surface area contributed by atoms with Crippen LogP contribution < -0.4 is 4.74 Å². The fourth-order valence-corrected chi connectivity index (χ4v) is 4.15. The summed E-state index contributed by atoms with van der Waals surface area (Å²) in [6.07, 6.45) is 5.20. The molecule has 1 aromatic carbocycles. The van der Waals surface area contributed by atoms with E-state index in [1.165, 1.54) is 18.2 Å². The molecule has 1 fully saturated rings. The third-order valence-corrected chi connectivity index (χ3v) is 5.78. The van der Waals surface area contributed by atoms with Crippen LogP contribution in [0.4, 0.5) is 0 Å². The number of hydrogen-bond acceptors (Lipinski definition) is 5. The van der Waals surface area contributed by atoms with Gasteiger partial charge in [-0.2, -0.15) is 0 Å². The number of ether oxygens (including phenoxy) is 1. The van der Waals surface area contributed by atoms with Crippen LogP contribution in [-0.4, -0.2) is 51.0 Å². The third-order valence-electron chi connectivity index (χ3n) is 4.82. The van der Waals surface area contributed by atoms with E-state index in [0.717, 1.165) is 41.7 Å². The Kier molecular flexibility index (Phi) is 6.55. The minimum Gasteiger partial charge on any atom is -0.497 e. The Hall–Kier alpha value is -2.28. The third kappa shape index (κ3) is 4.53. The van der Waals surface area contributed by atoms with Gasteiger partial charge >= 0.3 is 0 Å². The number of carbonyl (C=O) groups is 1. The van der Waals surface area contributed by atoms with Crippen molar-refractivity contribution in [2.75, 3.05) is 19.4 Å². The Morgan fingerprint density at radius 3 is 2.78 bits per heavy atom. The van der Waals surface area contributed by atoms with Crippen LogP contribution in [0.25, 0.3) is 11.4 Å². The van der Waals surface area contributed by atoms with Gasteiger partial charge in [0, 0.05) is 24.7 Å². The highest BCUT2D eigenvalue weighted by Gasteiger charge is 2.24. The van der Waals surface area contributed by atoms with Crippen molar-refractivity contribution in [3.05, 3.63) is 36.9 Å². The number of benzene rings is 1. The van der Waals surface area contributed by atoms with Gasteiger partial charge < -0.3 is 9.64 Å². The van der Waals surface area contributed by atoms with Gasteiger partial charge in [0.15, 0.2) is 11.0 Å². The lowest BCUT2D eigenvalue weighted by molar-refractivity contribution is -0.131. The number of piperidine rings is 1. The fourth-order valence-electron chi connectivity index (χ4n) is 3.32. The van der Waals surface area contributed by atoms with E-state index in [1.807, 2.05) is 39.8 Å². The van der Waals surface area contributed by atoms with Gasteiger partial charge in [-0.25, -0.2) is 0 Å². The summed E-state index contributed by atoms with van der Waals surface area (Å²) in [6, 6.07) is 8.04. The summed E-state index contributed by atoms with van der Waals surface area (Å²) in [5, 5.41) is 9.40. The lowest BCUT2D eigenvalue weighted by Crippen LogP contribution is -2.43. The molecule has 1 aromatic heterocycles. The maximum absolute atomic E-state index is 12.6. The van der Waals surface area contributed by atoms with Crippen LogP contribution in [0.15, 0.2) is 42.1 Å². The quantitative estimate of drug-likeness (QED) is 0.537. The van der Waals surface area contributed by atoms with E-state index >= 15 is 0 Å². The van der Waals surface area contributed by atoms with Crippen LogP contribution >= 0.6 is 11.8 Å². The van der Waals surface area contributed by atoms with Crippen molar-refractivity contribution in [1.82, 2.24) is 19.7 Å². The van der Waals surface area contributed by atoms with Gasteiger partial charge in [-0.1, -0.05) is 17.8 Å². The standard InChI is InChI=1S/C20H26N4O2S/c1-4-12-24-19(16-8-10-17(26-3)11-9-16)21-22-20(24)27-14-18(25)23-13-6-5-7-15(23)2/h4,8-11,15H,1,5-7,12-14H2,2-3H3. The van der Waals surface area contributed by atoms with Gasteiger partial charge in [-0.15, -0.1) is 16.8 Å². The molecule has 144 valence electrons. The number of amides is 1. The largest absolute Gasteiger partial charge is 0.497 e. The summed E-state index contributed by atoms with van der Waals surface area (Å²) in [4.78, 5) is 14.6. The molecule has 27 heavy (non-hydrogen) atoms. The molecule has 2 heterocycles. The number of methoxy groups -OCH3 is 1. The van der Waals surface area contributed by atoms with Gasteiger partial charge in [0.05, 0.1) is 12.9 Å². The summed E-state index contributed by atoms with van der Waals surface area (Å²) in [5.74, 6) is 2.11. The second-order valence-electron chi connectivity index (χ2n) is 6.65. The maximum Gasteiger partial charge on any atom is 0.233 e. The van der Waals surface area contributed by atoms with Crippen LogP contribution in [0.2, 0.25) is 0 Å². The predicted molar refractivity (Wildman–Crippen MR) is 108 cm³/mol. The van der Waals surface area contributed by atoms with Crippen LogP contribution in [0.1, 0.15) is 26.2 Å². The first-order valence-electron chi connectivity index (χ1n) is 9.25. The van der Waals surface area contributed by atoms with E-state index in [1.54, 1.807) is 7.11 Å². The van der Waals surface area contributed by atoms with Gasteiger partial charge in [0.1, 0.15) is 5.75 Å². The molecule has 0 N–H and O–H groups in total. The van der Waals surface area contributed by atoms with E-state index in [0.29, 0.717) is 18.3 Å². The highest BCUT2D eigenvalue weighted by Crippen LogP contribution is 2.26. The van der Waals surface area contributed by atoms with E-state index in [2.05, 4.69) is 23.7 Å². The molecule has 6 nitrogen and oxygen atoms in total. The van der Waals surface area contributed by atoms with Crippen LogP contribution in [-0.2, 0) is 11.3 Å². The zero-order valence-electron chi connectivity index (χ0n) is 15.9. The Balaban J connectivity index is 1.74. The minimum atomic E-state index is 0.173. The van der Waals surface area contributed by atoms with Crippen LogP contribution in [0, 0.1) is 0 Å². The maximum atomic E-state index is 12.6. The monoisotopic (exact) mass is 386 g/mol. The predicted octanol–water partition coefficient (Wildman–Crippen LogP) is 3.63. The first-order valence-corrected chi connectivity index (χ1v) is 10.2. The lowest BCUT2D eigenvalue weighted by atomic mass is 10.0. The summed E-state index contributed by atoms with van der Waals surface area (Å²) >= 11 is 1.44. The van der Waals surface area contributed by atoms with E-state index in [-0.39, 0.29) is 5.91 Å². The number of hydrogen-bond donors (Lipinski definition) is 0. The highest BCUT2D eigenvalue weighted by atomic mass is 32.2. The van der Waals surface area contributed by atoms with E-state index in [4.69, 9.17) is 4.74 Å². The Bertz CT molecular complexity index is 788. The number of allylic oxidation sites excluding steroid dienone is 1. The van der Waals surface area contributed by atoms with Crippen molar-refractivity contribution in [2.24, 2.45) is 0 Å². The Labute approximate surface area is 164 Å². The summed E-state index contributed by atoms with van der Waals surface area (Å²) in [7, 11) is 1.64.